The molecule has 0 aliphatic heterocycles. The fourth-order valence-corrected chi connectivity index (χ4v) is 1.57. The van der Waals surface area contributed by atoms with Gasteiger partial charge in [0.05, 0.1) is 29.8 Å². The number of ether oxygens (including phenoxy) is 1. The van der Waals surface area contributed by atoms with Crippen molar-refractivity contribution in [3.8, 4) is 0 Å². The standard InChI is InChI=1S/C13H17FN2O5/c1-7(2)12(17)6-15-10-4-8(13(18)21-3)9(14)5-11(10)16(19)20/h4-5,7,12,15,17H,6H2,1-3H3. The van der Waals surface area contributed by atoms with Crippen LogP contribution < -0.4 is 5.32 Å². The maximum absolute atomic E-state index is 13.7. The molecule has 0 bridgehead atoms. The summed E-state index contributed by atoms with van der Waals surface area (Å²) < 4.78 is 18.1. The summed E-state index contributed by atoms with van der Waals surface area (Å²) in [5.74, 6) is -2.03. The third-order valence-corrected chi connectivity index (χ3v) is 2.96. The molecule has 1 unspecified atom stereocenters. The van der Waals surface area contributed by atoms with Gasteiger partial charge in [0.25, 0.3) is 5.69 Å². The molecule has 0 radical (unpaired) electrons. The zero-order valence-corrected chi connectivity index (χ0v) is 11.9. The van der Waals surface area contributed by atoms with Crippen LogP contribution in [0.2, 0.25) is 0 Å². The molecule has 0 spiro atoms. The molecular weight excluding hydrogens is 283 g/mol. The molecule has 0 amide bonds. The quantitative estimate of drug-likeness (QED) is 0.473. The van der Waals surface area contributed by atoms with E-state index in [1.165, 1.54) is 0 Å². The highest BCUT2D eigenvalue weighted by Gasteiger charge is 2.23. The molecule has 0 aromatic heterocycles. The maximum Gasteiger partial charge on any atom is 0.340 e. The first-order valence-corrected chi connectivity index (χ1v) is 6.26. The smallest absolute Gasteiger partial charge is 0.340 e. The number of hydrogen-bond donors (Lipinski definition) is 2. The second-order valence-corrected chi connectivity index (χ2v) is 4.79. The Labute approximate surface area is 120 Å². The molecule has 1 atom stereocenters. The fourth-order valence-electron chi connectivity index (χ4n) is 1.57. The summed E-state index contributed by atoms with van der Waals surface area (Å²) in [6, 6.07) is 1.66. The lowest BCUT2D eigenvalue weighted by molar-refractivity contribution is -0.384. The zero-order valence-electron chi connectivity index (χ0n) is 11.9. The van der Waals surface area contributed by atoms with Gasteiger partial charge in [-0.15, -0.1) is 0 Å². The molecule has 2 N–H and O–H groups in total. The number of nitrogens with zero attached hydrogens (tertiary/aromatic N) is 1. The van der Waals surface area contributed by atoms with Gasteiger partial charge < -0.3 is 15.2 Å². The molecular formula is C13H17FN2O5. The highest BCUT2D eigenvalue weighted by atomic mass is 19.1. The number of rotatable bonds is 6. The summed E-state index contributed by atoms with van der Waals surface area (Å²) in [6.07, 6.45) is -0.740. The van der Waals surface area contributed by atoms with Crippen molar-refractivity contribution < 1.29 is 24.0 Å². The van der Waals surface area contributed by atoms with Crippen LogP contribution in [0.25, 0.3) is 0 Å². The first kappa shape index (κ1) is 16.8. The van der Waals surface area contributed by atoms with E-state index in [0.29, 0.717) is 6.07 Å². The van der Waals surface area contributed by atoms with E-state index in [4.69, 9.17) is 0 Å². The van der Waals surface area contributed by atoms with E-state index in [0.717, 1.165) is 13.2 Å². The summed E-state index contributed by atoms with van der Waals surface area (Å²) in [7, 11) is 1.08. The van der Waals surface area contributed by atoms with Crippen LogP contribution in [-0.4, -0.2) is 35.8 Å². The van der Waals surface area contributed by atoms with Gasteiger partial charge in [-0.1, -0.05) is 13.8 Å². The highest BCUT2D eigenvalue weighted by molar-refractivity contribution is 5.91. The lowest BCUT2D eigenvalue weighted by atomic mass is 10.1. The summed E-state index contributed by atoms with van der Waals surface area (Å²) in [6.45, 7) is 3.60. The second kappa shape index (κ2) is 6.98. The Morgan fingerprint density at radius 1 is 1.52 bits per heavy atom. The lowest BCUT2D eigenvalue weighted by Gasteiger charge is -2.16. The largest absolute Gasteiger partial charge is 0.465 e. The van der Waals surface area contributed by atoms with Crippen LogP contribution in [0, 0.1) is 21.8 Å². The van der Waals surface area contributed by atoms with Gasteiger partial charge in [-0.05, 0) is 12.0 Å². The van der Waals surface area contributed by atoms with Gasteiger partial charge in [0, 0.05) is 6.54 Å². The molecule has 1 rings (SSSR count). The predicted octanol–water partition coefficient (Wildman–Crippen LogP) is 1.95. The number of hydrogen-bond acceptors (Lipinski definition) is 6. The molecule has 0 heterocycles. The first-order chi connectivity index (χ1) is 9.77. The van der Waals surface area contributed by atoms with Crippen LogP contribution in [0.15, 0.2) is 12.1 Å². The number of carbonyl (C=O) groups is 1. The Bertz CT molecular complexity index is 548. The number of aliphatic hydroxyl groups is 1. The number of benzene rings is 1. The number of esters is 1. The molecule has 0 saturated carbocycles. The zero-order chi connectivity index (χ0) is 16.2. The van der Waals surface area contributed by atoms with Crippen molar-refractivity contribution >= 4 is 17.3 Å². The minimum Gasteiger partial charge on any atom is -0.465 e. The SMILES string of the molecule is COC(=O)c1cc(NCC(O)C(C)C)c([N+](=O)[O-])cc1F. The highest BCUT2D eigenvalue weighted by Crippen LogP contribution is 2.28. The summed E-state index contributed by atoms with van der Waals surface area (Å²) >= 11 is 0. The summed E-state index contributed by atoms with van der Waals surface area (Å²) in [5.41, 5.74) is -0.984. The van der Waals surface area contributed by atoms with E-state index in [-0.39, 0.29) is 18.2 Å². The topological polar surface area (TPSA) is 102 Å². The Balaban J connectivity index is 3.14. The molecule has 1 aromatic rings. The van der Waals surface area contributed by atoms with Crippen molar-refractivity contribution in [2.24, 2.45) is 5.92 Å². The van der Waals surface area contributed by atoms with Gasteiger partial charge in [0.15, 0.2) is 0 Å². The molecule has 0 aliphatic rings. The van der Waals surface area contributed by atoms with Crippen molar-refractivity contribution in [3.05, 3.63) is 33.6 Å². The molecule has 1 aromatic carbocycles. The molecule has 116 valence electrons. The maximum atomic E-state index is 13.7. The van der Waals surface area contributed by atoms with Gasteiger partial charge in [-0.2, -0.15) is 0 Å². The number of aliphatic hydroxyl groups excluding tert-OH is 1. The third kappa shape index (κ3) is 4.12. The van der Waals surface area contributed by atoms with E-state index in [2.05, 4.69) is 10.1 Å². The van der Waals surface area contributed by atoms with E-state index in [9.17, 15) is 24.4 Å². The summed E-state index contributed by atoms with van der Waals surface area (Å²) in [4.78, 5) is 21.6. The minimum absolute atomic E-state index is 0.0325. The number of methoxy groups -OCH3 is 1. The number of anilines is 1. The molecule has 0 saturated heterocycles. The predicted molar refractivity (Wildman–Crippen MR) is 73.7 cm³/mol. The van der Waals surface area contributed by atoms with Gasteiger partial charge in [-0.25, -0.2) is 9.18 Å². The Morgan fingerprint density at radius 2 is 2.14 bits per heavy atom. The normalized spacial score (nSPS) is 12.1. The number of nitrogens with one attached hydrogen (secondary N) is 1. The monoisotopic (exact) mass is 300 g/mol. The number of halogens is 1. The Hall–Kier alpha value is -2.22. The van der Waals surface area contributed by atoms with Crippen LogP contribution in [0.3, 0.4) is 0 Å². The van der Waals surface area contributed by atoms with Crippen molar-refractivity contribution in [1.29, 1.82) is 0 Å². The minimum atomic E-state index is -1.04. The van der Waals surface area contributed by atoms with Gasteiger partial charge >= 0.3 is 5.97 Å². The lowest BCUT2D eigenvalue weighted by Crippen LogP contribution is -2.25. The van der Waals surface area contributed by atoms with Gasteiger partial charge in [-0.3, -0.25) is 10.1 Å². The fraction of sp³-hybridized carbons (Fsp3) is 0.462. The molecule has 0 fully saturated rings. The van der Waals surface area contributed by atoms with Crippen LogP contribution >= 0.6 is 0 Å². The average Bonchev–Trinajstić information content (AvgIpc) is 2.43. The number of carbonyl (C=O) groups excluding carboxylic acids is 1. The second-order valence-electron chi connectivity index (χ2n) is 4.79. The molecule has 0 aliphatic carbocycles. The number of nitro groups is 1. The average molecular weight is 300 g/mol. The molecule has 7 nitrogen and oxygen atoms in total. The Kier molecular flexibility index (Phi) is 5.60. The van der Waals surface area contributed by atoms with Gasteiger partial charge in [0.2, 0.25) is 0 Å². The molecule has 8 heteroatoms. The number of nitro benzene ring substituents is 1. The van der Waals surface area contributed by atoms with Crippen LogP contribution in [0.1, 0.15) is 24.2 Å². The van der Waals surface area contributed by atoms with Crippen LogP contribution in [0.4, 0.5) is 15.8 Å². The van der Waals surface area contributed by atoms with Gasteiger partial charge in [0.1, 0.15) is 11.5 Å². The van der Waals surface area contributed by atoms with E-state index in [1.807, 2.05) is 0 Å². The van der Waals surface area contributed by atoms with Crippen molar-refractivity contribution in [2.75, 3.05) is 19.0 Å². The first-order valence-electron chi connectivity index (χ1n) is 6.26. The summed E-state index contributed by atoms with van der Waals surface area (Å²) in [5, 5.41) is 23.3. The van der Waals surface area contributed by atoms with Crippen molar-refractivity contribution in [3.63, 3.8) is 0 Å². The van der Waals surface area contributed by atoms with E-state index < -0.39 is 34.1 Å². The van der Waals surface area contributed by atoms with Crippen LogP contribution in [-0.2, 0) is 4.74 Å². The van der Waals surface area contributed by atoms with E-state index >= 15 is 0 Å². The van der Waals surface area contributed by atoms with E-state index in [1.54, 1.807) is 13.8 Å². The molecule has 21 heavy (non-hydrogen) atoms. The van der Waals surface area contributed by atoms with Crippen LogP contribution in [0.5, 0.6) is 0 Å². The Morgan fingerprint density at radius 3 is 2.62 bits per heavy atom. The third-order valence-electron chi connectivity index (χ3n) is 2.96. The van der Waals surface area contributed by atoms with Crippen molar-refractivity contribution in [2.45, 2.75) is 20.0 Å². The van der Waals surface area contributed by atoms with Crippen molar-refractivity contribution in [1.82, 2.24) is 0 Å².